The molecule has 1 aromatic carbocycles. The van der Waals surface area contributed by atoms with Crippen LogP contribution >= 0.6 is 0 Å². The van der Waals surface area contributed by atoms with E-state index in [0.29, 0.717) is 24.2 Å². The number of rotatable bonds is 6. The fourth-order valence-corrected chi connectivity index (χ4v) is 2.04. The van der Waals surface area contributed by atoms with E-state index >= 15 is 0 Å². The highest BCUT2D eigenvalue weighted by atomic mass is 16.5. The Morgan fingerprint density at radius 2 is 2.10 bits per heavy atom. The van der Waals surface area contributed by atoms with Crippen LogP contribution in [0.4, 0.5) is 5.69 Å². The van der Waals surface area contributed by atoms with Gasteiger partial charge in [-0.15, -0.1) is 0 Å². The molecule has 1 saturated carbocycles. The van der Waals surface area contributed by atoms with Gasteiger partial charge in [0.15, 0.2) is 5.82 Å². The molecule has 1 aromatic heterocycles. The maximum absolute atomic E-state index is 11.0. The van der Waals surface area contributed by atoms with E-state index < -0.39 is 5.97 Å². The van der Waals surface area contributed by atoms with Crippen molar-refractivity contribution in [1.82, 2.24) is 10.1 Å². The van der Waals surface area contributed by atoms with Gasteiger partial charge in [0.2, 0.25) is 5.89 Å². The second-order valence-electron chi connectivity index (χ2n) is 4.91. The van der Waals surface area contributed by atoms with Crippen molar-refractivity contribution in [2.45, 2.75) is 25.3 Å². The summed E-state index contributed by atoms with van der Waals surface area (Å²) < 4.78 is 5.20. The van der Waals surface area contributed by atoms with E-state index in [4.69, 9.17) is 9.63 Å². The van der Waals surface area contributed by atoms with Crippen LogP contribution in [0.5, 0.6) is 0 Å². The van der Waals surface area contributed by atoms with E-state index in [1.54, 1.807) is 4.90 Å². The van der Waals surface area contributed by atoms with Crippen molar-refractivity contribution in [3.63, 3.8) is 0 Å². The van der Waals surface area contributed by atoms with Crippen molar-refractivity contribution in [2.75, 3.05) is 11.4 Å². The molecule has 1 aliphatic carbocycles. The zero-order valence-corrected chi connectivity index (χ0v) is 10.9. The highest BCUT2D eigenvalue weighted by molar-refractivity contribution is 5.73. The lowest BCUT2D eigenvalue weighted by Gasteiger charge is -2.20. The van der Waals surface area contributed by atoms with Gasteiger partial charge in [-0.25, -0.2) is 0 Å². The number of carboxylic acid groups (broad SMARTS) is 1. The van der Waals surface area contributed by atoms with Gasteiger partial charge in [-0.05, 0) is 25.0 Å². The predicted molar refractivity (Wildman–Crippen MR) is 71.4 cm³/mol. The molecular formula is C14H15N3O3. The Morgan fingerprint density at radius 3 is 2.75 bits per heavy atom. The summed E-state index contributed by atoms with van der Waals surface area (Å²) in [6, 6.07) is 9.36. The van der Waals surface area contributed by atoms with Gasteiger partial charge >= 0.3 is 5.97 Å². The molecule has 0 aliphatic heterocycles. The number of anilines is 1. The molecule has 3 rings (SSSR count). The highest BCUT2D eigenvalue weighted by Crippen LogP contribution is 2.38. The van der Waals surface area contributed by atoms with Crippen LogP contribution in [-0.4, -0.2) is 27.8 Å². The molecule has 0 saturated heterocycles. The molecular weight excluding hydrogens is 258 g/mol. The summed E-state index contributed by atoms with van der Waals surface area (Å²) in [7, 11) is 0. The molecule has 0 amide bonds. The first kappa shape index (κ1) is 12.7. The van der Waals surface area contributed by atoms with Gasteiger partial charge in [-0.2, -0.15) is 4.98 Å². The van der Waals surface area contributed by atoms with Crippen LogP contribution in [0.3, 0.4) is 0 Å². The number of carbonyl (C=O) groups is 1. The molecule has 1 heterocycles. The molecule has 0 atom stereocenters. The van der Waals surface area contributed by atoms with E-state index in [1.165, 1.54) is 0 Å². The molecule has 0 unspecified atom stereocenters. The lowest BCUT2D eigenvalue weighted by Crippen LogP contribution is -2.29. The van der Waals surface area contributed by atoms with E-state index in [9.17, 15) is 4.79 Å². The van der Waals surface area contributed by atoms with E-state index in [1.807, 2.05) is 30.3 Å². The second-order valence-corrected chi connectivity index (χ2v) is 4.91. The number of hydrogen-bond donors (Lipinski definition) is 1. The lowest BCUT2D eigenvalue weighted by atomic mass is 10.3. The number of aliphatic carboxylic acids is 1. The maximum atomic E-state index is 11.0. The molecule has 0 spiro atoms. The molecule has 2 aromatic rings. The number of hydrogen-bond acceptors (Lipinski definition) is 5. The first-order valence-electron chi connectivity index (χ1n) is 6.56. The number of aromatic nitrogens is 2. The predicted octanol–water partition coefficient (Wildman–Crippen LogP) is 2.04. The fraction of sp³-hybridized carbons (Fsp3) is 0.357. The van der Waals surface area contributed by atoms with Crippen LogP contribution in [0.15, 0.2) is 34.9 Å². The van der Waals surface area contributed by atoms with Crippen LogP contribution in [0.2, 0.25) is 0 Å². The Balaban J connectivity index is 1.76. The molecule has 1 fully saturated rings. The first-order chi connectivity index (χ1) is 9.72. The number of nitrogens with zero attached hydrogens (tertiary/aromatic N) is 3. The van der Waals surface area contributed by atoms with Crippen molar-refractivity contribution < 1.29 is 14.4 Å². The monoisotopic (exact) mass is 273 g/mol. The zero-order chi connectivity index (χ0) is 13.9. The summed E-state index contributed by atoms with van der Waals surface area (Å²) in [5, 5.41) is 13.0. The van der Waals surface area contributed by atoms with Gasteiger partial charge in [0.1, 0.15) is 6.54 Å². The Bertz CT molecular complexity index is 593. The third kappa shape index (κ3) is 2.96. The van der Waals surface area contributed by atoms with Crippen LogP contribution in [0.25, 0.3) is 0 Å². The van der Waals surface area contributed by atoms with Gasteiger partial charge in [0.25, 0.3) is 0 Å². The number of carboxylic acids is 1. The summed E-state index contributed by atoms with van der Waals surface area (Å²) in [4.78, 5) is 17.0. The van der Waals surface area contributed by atoms with Crippen molar-refractivity contribution in [3.05, 3.63) is 42.0 Å². The van der Waals surface area contributed by atoms with Crippen LogP contribution in [0.1, 0.15) is 30.5 Å². The molecule has 20 heavy (non-hydrogen) atoms. The smallest absolute Gasteiger partial charge is 0.323 e. The Kier molecular flexibility index (Phi) is 3.37. The van der Waals surface area contributed by atoms with Crippen molar-refractivity contribution in [1.29, 1.82) is 0 Å². The van der Waals surface area contributed by atoms with Gasteiger partial charge in [0, 0.05) is 11.6 Å². The second kappa shape index (κ2) is 5.32. The quantitative estimate of drug-likeness (QED) is 0.867. The summed E-state index contributed by atoms with van der Waals surface area (Å²) in [6.45, 7) is 0.226. The van der Waals surface area contributed by atoms with E-state index in [0.717, 1.165) is 18.5 Å². The van der Waals surface area contributed by atoms with Crippen LogP contribution < -0.4 is 4.90 Å². The molecule has 0 radical (unpaired) electrons. The first-order valence-corrected chi connectivity index (χ1v) is 6.56. The van der Waals surface area contributed by atoms with Crippen LogP contribution in [-0.2, 0) is 11.3 Å². The molecule has 1 aliphatic rings. The molecule has 6 heteroatoms. The van der Waals surface area contributed by atoms with Crippen molar-refractivity contribution in [2.24, 2.45) is 0 Å². The minimum atomic E-state index is -0.889. The third-order valence-electron chi connectivity index (χ3n) is 3.19. The molecule has 6 nitrogen and oxygen atoms in total. The third-order valence-corrected chi connectivity index (χ3v) is 3.19. The fourth-order valence-electron chi connectivity index (χ4n) is 2.04. The summed E-state index contributed by atoms with van der Waals surface area (Å²) in [5.41, 5.74) is 0.827. The molecule has 1 N–H and O–H groups in total. The minimum Gasteiger partial charge on any atom is -0.480 e. The lowest BCUT2D eigenvalue weighted by molar-refractivity contribution is -0.135. The summed E-state index contributed by atoms with van der Waals surface area (Å²) in [6.07, 6.45) is 2.19. The molecule has 0 bridgehead atoms. The zero-order valence-electron chi connectivity index (χ0n) is 10.9. The largest absolute Gasteiger partial charge is 0.480 e. The Hall–Kier alpha value is -2.37. The normalized spacial score (nSPS) is 14.2. The summed E-state index contributed by atoms with van der Waals surface area (Å²) in [5.74, 6) is 0.709. The SMILES string of the molecule is O=C(O)CN(Cc1noc(C2CC2)n1)c1ccccc1. The van der Waals surface area contributed by atoms with Crippen molar-refractivity contribution in [3.8, 4) is 0 Å². The van der Waals surface area contributed by atoms with Crippen molar-refractivity contribution >= 4 is 11.7 Å². The van der Waals surface area contributed by atoms with Gasteiger partial charge in [-0.3, -0.25) is 4.79 Å². The average Bonchev–Trinajstić information content (AvgIpc) is 3.19. The standard InChI is InChI=1S/C14H15N3O3/c18-13(19)9-17(11-4-2-1-3-5-11)8-12-15-14(20-16-12)10-6-7-10/h1-5,10H,6-9H2,(H,18,19). The van der Waals surface area contributed by atoms with E-state index in [2.05, 4.69) is 10.1 Å². The number of benzene rings is 1. The van der Waals surface area contributed by atoms with Gasteiger partial charge in [-0.1, -0.05) is 23.4 Å². The minimum absolute atomic E-state index is 0.0999. The maximum Gasteiger partial charge on any atom is 0.323 e. The summed E-state index contributed by atoms with van der Waals surface area (Å²) >= 11 is 0. The topological polar surface area (TPSA) is 79.5 Å². The van der Waals surface area contributed by atoms with E-state index in [-0.39, 0.29) is 6.54 Å². The average molecular weight is 273 g/mol. The highest BCUT2D eigenvalue weighted by Gasteiger charge is 2.29. The number of para-hydroxylation sites is 1. The van der Waals surface area contributed by atoms with Gasteiger partial charge in [0.05, 0.1) is 6.54 Å². The molecule has 104 valence electrons. The Labute approximate surface area is 116 Å². The van der Waals surface area contributed by atoms with Crippen LogP contribution in [0, 0.1) is 0 Å². The van der Waals surface area contributed by atoms with Gasteiger partial charge < -0.3 is 14.5 Å². The Morgan fingerprint density at radius 1 is 1.35 bits per heavy atom.